The topological polar surface area (TPSA) is 30.2 Å². The van der Waals surface area contributed by atoms with E-state index in [9.17, 15) is 0 Å². The Bertz CT molecular complexity index is 459. The van der Waals surface area contributed by atoms with Crippen LogP contribution in [0.25, 0.3) is 5.65 Å². The van der Waals surface area contributed by atoms with Crippen molar-refractivity contribution < 1.29 is 0 Å². The first-order valence-electron chi connectivity index (χ1n) is 5.25. The van der Waals surface area contributed by atoms with E-state index < -0.39 is 0 Å². The summed E-state index contributed by atoms with van der Waals surface area (Å²) in [6, 6.07) is 0. The molecule has 2 heterocycles. The molecule has 2 aromatic heterocycles. The Hall–Kier alpha value is -1.38. The van der Waals surface area contributed by atoms with Gasteiger partial charge in [-0.1, -0.05) is 6.42 Å². The molecule has 0 fully saturated rings. The summed E-state index contributed by atoms with van der Waals surface area (Å²) in [5, 5.41) is 0. The number of hydrogen-bond acceptors (Lipinski definition) is 2. The number of fused-ring (bicyclic) bond motifs is 3. The maximum Gasteiger partial charge on any atom is 0.155 e. The van der Waals surface area contributed by atoms with E-state index in [0.29, 0.717) is 0 Å². The average Bonchev–Trinajstić information content (AvgIpc) is 2.42. The molecule has 14 heavy (non-hydrogen) atoms. The highest BCUT2D eigenvalue weighted by atomic mass is 15.0. The number of rotatable bonds is 0. The average molecular weight is 187 g/mol. The molecule has 0 aliphatic heterocycles. The molecule has 3 nitrogen and oxygen atoms in total. The molecule has 1 aliphatic carbocycles. The minimum atomic E-state index is 0.999. The van der Waals surface area contributed by atoms with Gasteiger partial charge in [0.05, 0.1) is 11.9 Å². The largest absolute Gasteiger partial charge is 0.301 e. The smallest absolute Gasteiger partial charge is 0.155 e. The highest BCUT2D eigenvalue weighted by molar-refractivity contribution is 5.41. The highest BCUT2D eigenvalue weighted by Crippen LogP contribution is 2.20. The summed E-state index contributed by atoms with van der Waals surface area (Å²) in [4.78, 5) is 8.71. The quantitative estimate of drug-likeness (QED) is 0.590. The van der Waals surface area contributed by atoms with E-state index in [-0.39, 0.29) is 0 Å². The van der Waals surface area contributed by atoms with Crippen LogP contribution in [0.4, 0.5) is 0 Å². The van der Waals surface area contributed by atoms with E-state index in [4.69, 9.17) is 0 Å². The summed E-state index contributed by atoms with van der Waals surface area (Å²) in [7, 11) is 0. The summed E-state index contributed by atoms with van der Waals surface area (Å²) < 4.78 is 2.19. The standard InChI is InChI=1S/C11H13N3/c1-2-4-9-10(5-3-1)14-7-6-12-8-11(14)13-9/h6-8H,1-5H2. The molecule has 0 amide bonds. The maximum absolute atomic E-state index is 4.61. The highest BCUT2D eigenvalue weighted by Gasteiger charge is 2.13. The van der Waals surface area contributed by atoms with Gasteiger partial charge in [0, 0.05) is 18.1 Å². The molecule has 0 spiro atoms. The third kappa shape index (κ3) is 1.12. The molecule has 0 bridgehead atoms. The molecule has 3 rings (SSSR count). The molecule has 3 heteroatoms. The van der Waals surface area contributed by atoms with Crippen molar-refractivity contribution >= 4 is 5.65 Å². The van der Waals surface area contributed by atoms with Crippen LogP contribution in [0.15, 0.2) is 18.6 Å². The second-order valence-electron chi connectivity index (χ2n) is 3.87. The van der Waals surface area contributed by atoms with Crippen LogP contribution in [0.2, 0.25) is 0 Å². The van der Waals surface area contributed by atoms with E-state index in [1.54, 1.807) is 0 Å². The van der Waals surface area contributed by atoms with Crippen LogP contribution >= 0.6 is 0 Å². The van der Waals surface area contributed by atoms with E-state index >= 15 is 0 Å². The van der Waals surface area contributed by atoms with Crippen LogP contribution in [0, 0.1) is 0 Å². The summed E-state index contributed by atoms with van der Waals surface area (Å²) in [6.07, 6.45) is 11.9. The zero-order valence-corrected chi connectivity index (χ0v) is 8.11. The Balaban J connectivity index is 2.24. The maximum atomic E-state index is 4.61. The Kier molecular flexibility index (Phi) is 1.76. The lowest BCUT2D eigenvalue weighted by Crippen LogP contribution is -1.93. The lowest BCUT2D eigenvalue weighted by molar-refractivity contribution is 0.701. The van der Waals surface area contributed by atoms with Gasteiger partial charge in [-0.15, -0.1) is 0 Å². The molecule has 0 saturated heterocycles. The Morgan fingerprint density at radius 2 is 2.07 bits per heavy atom. The SMILES string of the molecule is c1cn2c3c(nc2cn1)CCCCC3. The van der Waals surface area contributed by atoms with Crippen molar-refractivity contribution in [2.45, 2.75) is 32.1 Å². The van der Waals surface area contributed by atoms with Crippen molar-refractivity contribution in [2.75, 3.05) is 0 Å². The first-order chi connectivity index (χ1) is 6.95. The molecule has 2 aromatic rings. The monoisotopic (exact) mass is 187 g/mol. The zero-order valence-electron chi connectivity index (χ0n) is 8.11. The molecule has 0 saturated carbocycles. The van der Waals surface area contributed by atoms with Gasteiger partial charge in [-0.05, 0) is 25.7 Å². The summed E-state index contributed by atoms with van der Waals surface area (Å²) in [5.41, 5.74) is 3.69. The van der Waals surface area contributed by atoms with Crippen molar-refractivity contribution in [2.24, 2.45) is 0 Å². The van der Waals surface area contributed by atoms with E-state index in [2.05, 4.69) is 14.4 Å². The van der Waals surface area contributed by atoms with Crippen molar-refractivity contribution in [3.8, 4) is 0 Å². The van der Waals surface area contributed by atoms with Gasteiger partial charge >= 0.3 is 0 Å². The van der Waals surface area contributed by atoms with Crippen molar-refractivity contribution in [1.29, 1.82) is 0 Å². The van der Waals surface area contributed by atoms with Crippen LogP contribution in [0.5, 0.6) is 0 Å². The Morgan fingerprint density at radius 1 is 1.14 bits per heavy atom. The predicted molar refractivity (Wildman–Crippen MR) is 54.2 cm³/mol. The van der Waals surface area contributed by atoms with Gasteiger partial charge in [0.2, 0.25) is 0 Å². The molecule has 0 aromatic carbocycles. The number of aryl methyl sites for hydroxylation is 2. The molecule has 72 valence electrons. The fraction of sp³-hybridized carbons (Fsp3) is 0.455. The van der Waals surface area contributed by atoms with E-state index in [1.165, 1.54) is 37.1 Å². The second-order valence-corrected chi connectivity index (χ2v) is 3.87. The van der Waals surface area contributed by atoms with Gasteiger partial charge in [-0.2, -0.15) is 0 Å². The predicted octanol–water partition coefficient (Wildman–Crippen LogP) is 2.00. The minimum absolute atomic E-state index is 0.999. The Morgan fingerprint density at radius 3 is 3.07 bits per heavy atom. The van der Waals surface area contributed by atoms with Gasteiger partial charge in [0.25, 0.3) is 0 Å². The lowest BCUT2D eigenvalue weighted by atomic mass is 10.2. The normalized spacial score (nSPS) is 16.6. The molecule has 0 radical (unpaired) electrons. The second kappa shape index (κ2) is 3.08. The number of hydrogen-bond donors (Lipinski definition) is 0. The summed E-state index contributed by atoms with van der Waals surface area (Å²) >= 11 is 0. The van der Waals surface area contributed by atoms with Gasteiger partial charge in [-0.25, -0.2) is 4.98 Å². The zero-order chi connectivity index (χ0) is 9.38. The minimum Gasteiger partial charge on any atom is -0.301 e. The number of aromatic nitrogens is 3. The summed E-state index contributed by atoms with van der Waals surface area (Å²) in [5.74, 6) is 0. The number of nitrogens with zero attached hydrogens (tertiary/aromatic N) is 3. The fourth-order valence-corrected chi connectivity index (χ4v) is 2.23. The molecule has 0 unspecified atom stereocenters. The third-order valence-corrected chi connectivity index (χ3v) is 2.94. The van der Waals surface area contributed by atoms with Gasteiger partial charge < -0.3 is 4.40 Å². The molecule has 0 N–H and O–H groups in total. The van der Waals surface area contributed by atoms with Gasteiger partial charge in [0.15, 0.2) is 5.65 Å². The molecule has 0 atom stereocenters. The van der Waals surface area contributed by atoms with Crippen LogP contribution in [-0.4, -0.2) is 14.4 Å². The lowest BCUT2D eigenvalue weighted by Gasteiger charge is -1.98. The summed E-state index contributed by atoms with van der Waals surface area (Å²) in [6.45, 7) is 0. The molecular weight excluding hydrogens is 174 g/mol. The Labute approximate surface area is 82.8 Å². The van der Waals surface area contributed by atoms with Crippen LogP contribution in [-0.2, 0) is 12.8 Å². The van der Waals surface area contributed by atoms with E-state index in [0.717, 1.165) is 12.1 Å². The molecule has 1 aliphatic rings. The van der Waals surface area contributed by atoms with Crippen LogP contribution in [0.3, 0.4) is 0 Å². The molecular formula is C11H13N3. The first-order valence-corrected chi connectivity index (χ1v) is 5.25. The van der Waals surface area contributed by atoms with Crippen molar-refractivity contribution in [3.63, 3.8) is 0 Å². The number of imidazole rings is 1. The van der Waals surface area contributed by atoms with Crippen LogP contribution < -0.4 is 0 Å². The first kappa shape index (κ1) is 7.97. The van der Waals surface area contributed by atoms with E-state index in [1.807, 2.05) is 18.6 Å². The fourth-order valence-electron chi connectivity index (χ4n) is 2.23. The van der Waals surface area contributed by atoms with Crippen molar-refractivity contribution in [1.82, 2.24) is 14.4 Å². The van der Waals surface area contributed by atoms with Gasteiger partial charge in [0.1, 0.15) is 0 Å². The van der Waals surface area contributed by atoms with Crippen molar-refractivity contribution in [3.05, 3.63) is 30.0 Å². The third-order valence-electron chi connectivity index (χ3n) is 2.94. The van der Waals surface area contributed by atoms with Gasteiger partial charge in [-0.3, -0.25) is 4.98 Å². The van der Waals surface area contributed by atoms with Crippen LogP contribution in [0.1, 0.15) is 30.7 Å².